The zero-order valence-corrected chi connectivity index (χ0v) is 7.70. The molecule has 0 aromatic carbocycles. The third-order valence-corrected chi connectivity index (χ3v) is 1.60. The van der Waals surface area contributed by atoms with Crippen LogP contribution < -0.4 is 4.72 Å². The van der Waals surface area contributed by atoms with Crippen LogP contribution in [-0.4, -0.2) is 6.54 Å². The van der Waals surface area contributed by atoms with Crippen molar-refractivity contribution >= 4 is 12.8 Å². The minimum atomic E-state index is 0.715. The van der Waals surface area contributed by atoms with Gasteiger partial charge in [0.2, 0.25) is 0 Å². The maximum atomic E-state index is 3.87. The number of hydrogen-bond acceptors (Lipinski definition) is 2. The Morgan fingerprint density at radius 3 is 2.80 bits per heavy atom. The monoisotopic (exact) mass is 159 g/mol. The van der Waals surface area contributed by atoms with Crippen molar-refractivity contribution in [1.82, 2.24) is 4.72 Å². The summed E-state index contributed by atoms with van der Waals surface area (Å²) < 4.78 is 2.77. The summed E-state index contributed by atoms with van der Waals surface area (Å²) in [5, 5.41) is 0. The highest BCUT2D eigenvalue weighted by atomic mass is 32.1. The van der Waals surface area contributed by atoms with Crippen molar-refractivity contribution in [2.75, 3.05) is 6.54 Å². The molecule has 0 saturated heterocycles. The summed E-state index contributed by atoms with van der Waals surface area (Å²) in [7, 11) is 0. The van der Waals surface area contributed by atoms with Gasteiger partial charge in [0.15, 0.2) is 0 Å². The third-order valence-electron chi connectivity index (χ3n) is 1.42. The Balaban J connectivity index is 3.26. The Kier molecular flexibility index (Phi) is 7.20. The second kappa shape index (κ2) is 7.16. The van der Waals surface area contributed by atoms with Gasteiger partial charge in [-0.3, -0.25) is 4.72 Å². The SMILES string of the molecule is CCCC(C)/C=C/CNS. The molecule has 1 nitrogen and oxygen atoms in total. The zero-order chi connectivity index (χ0) is 7.82. The highest BCUT2D eigenvalue weighted by Crippen LogP contribution is 2.05. The van der Waals surface area contributed by atoms with Gasteiger partial charge in [-0.1, -0.05) is 45.2 Å². The van der Waals surface area contributed by atoms with Gasteiger partial charge in [0, 0.05) is 6.54 Å². The summed E-state index contributed by atoms with van der Waals surface area (Å²) in [5.74, 6) is 0.715. The first kappa shape index (κ1) is 10.0. The fourth-order valence-corrected chi connectivity index (χ4v) is 1.01. The number of rotatable bonds is 5. The summed E-state index contributed by atoms with van der Waals surface area (Å²) in [4.78, 5) is 0. The molecule has 1 atom stereocenters. The van der Waals surface area contributed by atoms with E-state index >= 15 is 0 Å². The lowest BCUT2D eigenvalue weighted by Crippen LogP contribution is -1.97. The van der Waals surface area contributed by atoms with Crippen molar-refractivity contribution in [3.63, 3.8) is 0 Å². The van der Waals surface area contributed by atoms with Gasteiger partial charge < -0.3 is 0 Å². The van der Waals surface area contributed by atoms with Crippen LogP contribution in [0.25, 0.3) is 0 Å². The molecule has 0 spiro atoms. The van der Waals surface area contributed by atoms with E-state index in [0.717, 1.165) is 6.54 Å². The summed E-state index contributed by atoms with van der Waals surface area (Å²) >= 11 is 3.87. The highest BCUT2D eigenvalue weighted by Gasteiger charge is 1.91. The molecular weight excluding hydrogens is 142 g/mol. The van der Waals surface area contributed by atoms with E-state index in [2.05, 4.69) is 43.5 Å². The van der Waals surface area contributed by atoms with Crippen LogP contribution in [0.5, 0.6) is 0 Å². The van der Waals surface area contributed by atoms with E-state index < -0.39 is 0 Å². The quantitative estimate of drug-likeness (QED) is 0.464. The molecule has 10 heavy (non-hydrogen) atoms. The smallest absolute Gasteiger partial charge is 0.0237 e. The summed E-state index contributed by atoms with van der Waals surface area (Å²) in [6, 6.07) is 0. The Hall–Kier alpha value is 0.0500. The molecule has 0 aromatic heterocycles. The van der Waals surface area contributed by atoms with Gasteiger partial charge in [-0.2, -0.15) is 0 Å². The third kappa shape index (κ3) is 6.17. The van der Waals surface area contributed by atoms with Crippen LogP contribution in [0.2, 0.25) is 0 Å². The molecule has 0 amide bonds. The molecule has 0 bridgehead atoms. The first-order valence-electron chi connectivity index (χ1n) is 3.84. The van der Waals surface area contributed by atoms with Crippen LogP contribution in [0.4, 0.5) is 0 Å². The van der Waals surface area contributed by atoms with E-state index in [1.54, 1.807) is 0 Å². The molecule has 0 rings (SSSR count). The fraction of sp³-hybridized carbons (Fsp3) is 0.750. The second-order valence-electron chi connectivity index (χ2n) is 2.56. The van der Waals surface area contributed by atoms with Crippen LogP contribution in [-0.2, 0) is 0 Å². The minimum Gasteiger partial charge on any atom is -0.263 e. The summed E-state index contributed by atoms with van der Waals surface area (Å²) in [6.07, 6.45) is 6.89. The lowest BCUT2D eigenvalue weighted by atomic mass is 10.1. The Bertz CT molecular complexity index is 91.3. The van der Waals surface area contributed by atoms with Crippen LogP contribution in [0.15, 0.2) is 12.2 Å². The number of allylic oxidation sites excluding steroid dienone is 1. The van der Waals surface area contributed by atoms with Gasteiger partial charge in [0.25, 0.3) is 0 Å². The first-order chi connectivity index (χ1) is 4.81. The number of nitrogens with one attached hydrogen (secondary N) is 1. The summed E-state index contributed by atoms with van der Waals surface area (Å²) in [5.41, 5.74) is 0. The molecule has 0 saturated carbocycles. The maximum absolute atomic E-state index is 3.87. The van der Waals surface area contributed by atoms with Crippen LogP contribution in [0, 0.1) is 5.92 Å². The van der Waals surface area contributed by atoms with Crippen molar-refractivity contribution in [3.05, 3.63) is 12.2 Å². The number of hydrogen-bond donors (Lipinski definition) is 2. The fourth-order valence-electron chi connectivity index (χ4n) is 0.905. The topological polar surface area (TPSA) is 12.0 Å². The van der Waals surface area contributed by atoms with Crippen LogP contribution >= 0.6 is 12.8 Å². The lowest BCUT2D eigenvalue weighted by molar-refractivity contribution is 0.632. The van der Waals surface area contributed by atoms with E-state index in [1.807, 2.05) is 0 Å². The predicted octanol–water partition coefficient (Wildman–Crippen LogP) is 2.41. The van der Waals surface area contributed by atoms with E-state index in [0.29, 0.717) is 5.92 Å². The van der Waals surface area contributed by atoms with Crippen LogP contribution in [0.1, 0.15) is 26.7 Å². The van der Waals surface area contributed by atoms with Gasteiger partial charge in [-0.25, -0.2) is 0 Å². The molecule has 1 N–H and O–H groups in total. The predicted molar refractivity (Wildman–Crippen MR) is 50.2 cm³/mol. The average molecular weight is 159 g/mol. The Morgan fingerprint density at radius 2 is 2.30 bits per heavy atom. The normalized spacial score (nSPS) is 14.3. The molecule has 0 heterocycles. The minimum absolute atomic E-state index is 0.715. The molecule has 60 valence electrons. The van der Waals surface area contributed by atoms with E-state index in [-0.39, 0.29) is 0 Å². The Morgan fingerprint density at radius 1 is 1.60 bits per heavy atom. The van der Waals surface area contributed by atoms with Crippen LogP contribution in [0.3, 0.4) is 0 Å². The van der Waals surface area contributed by atoms with Crippen molar-refractivity contribution in [3.8, 4) is 0 Å². The number of thiol groups is 1. The molecule has 0 aliphatic heterocycles. The molecule has 1 unspecified atom stereocenters. The van der Waals surface area contributed by atoms with E-state index in [9.17, 15) is 0 Å². The lowest BCUT2D eigenvalue weighted by Gasteiger charge is -2.01. The molecule has 0 fully saturated rings. The van der Waals surface area contributed by atoms with Crippen molar-refractivity contribution < 1.29 is 0 Å². The van der Waals surface area contributed by atoms with Crippen molar-refractivity contribution in [2.24, 2.45) is 5.92 Å². The standard InChI is InChI=1S/C8H17NS/c1-3-5-8(2)6-4-7-9-10/h4,6,8-10H,3,5,7H2,1-2H3/b6-4+. The van der Waals surface area contributed by atoms with Gasteiger partial charge in [0.1, 0.15) is 0 Å². The van der Waals surface area contributed by atoms with Crippen molar-refractivity contribution in [2.45, 2.75) is 26.7 Å². The van der Waals surface area contributed by atoms with Gasteiger partial charge >= 0.3 is 0 Å². The van der Waals surface area contributed by atoms with E-state index in [1.165, 1.54) is 12.8 Å². The van der Waals surface area contributed by atoms with E-state index in [4.69, 9.17) is 0 Å². The van der Waals surface area contributed by atoms with Gasteiger partial charge in [-0.15, -0.1) is 0 Å². The maximum Gasteiger partial charge on any atom is 0.0237 e. The molecule has 2 heteroatoms. The molecule has 0 aromatic rings. The Labute approximate surface area is 69.4 Å². The average Bonchev–Trinajstić information content (AvgIpc) is 1.89. The molecule has 0 radical (unpaired) electrons. The van der Waals surface area contributed by atoms with Gasteiger partial charge in [0.05, 0.1) is 0 Å². The highest BCUT2D eigenvalue weighted by molar-refractivity contribution is 7.78. The molecule has 0 aliphatic rings. The molecular formula is C8H17NS. The molecule has 0 aliphatic carbocycles. The van der Waals surface area contributed by atoms with Crippen molar-refractivity contribution in [1.29, 1.82) is 0 Å². The zero-order valence-electron chi connectivity index (χ0n) is 6.80. The summed E-state index contributed by atoms with van der Waals surface area (Å²) in [6.45, 7) is 5.30. The second-order valence-corrected chi connectivity index (χ2v) is 2.87. The largest absolute Gasteiger partial charge is 0.263 e. The first-order valence-corrected chi connectivity index (χ1v) is 4.29. The van der Waals surface area contributed by atoms with Gasteiger partial charge in [-0.05, 0) is 12.3 Å².